The van der Waals surface area contributed by atoms with Gasteiger partial charge < -0.3 is 4.74 Å². The van der Waals surface area contributed by atoms with Gasteiger partial charge in [0.1, 0.15) is 16.6 Å². The predicted molar refractivity (Wildman–Crippen MR) is 69.8 cm³/mol. The van der Waals surface area contributed by atoms with Gasteiger partial charge in [0.15, 0.2) is 5.44 Å². The molecule has 3 nitrogen and oxygen atoms in total. The molecule has 82 valence electrons. The molecule has 0 aliphatic heterocycles. The van der Waals surface area contributed by atoms with Crippen LogP contribution < -0.4 is 4.74 Å². The Kier molecular flexibility index (Phi) is 6.17. The summed E-state index contributed by atoms with van der Waals surface area (Å²) in [7, 11) is 0. The first-order valence-electron chi connectivity index (χ1n) is 4.24. The normalized spacial score (nSPS) is 11.2. The van der Waals surface area contributed by atoms with Crippen LogP contribution >= 0.6 is 39.5 Å². The average Bonchev–Trinajstić information content (AvgIpc) is 2.29. The molecule has 0 amide bonds. The SMILES string of the molecule is N#CSCC(Oc1ccc(Br)cc1)SC#N. The lowest BCUT2D eigenvalue weighted by Crippen LogP contribution is -2.14. The van der Waals surface area contributed by atoms with Gasteiger partial charge in [0.05, 0.1) is 5.75 Å². The molecule has 0 aliphatic rings. The number of hydrogen-bond donors (Lipinski definition) is 0. The largest absolute Gasteiger partial charge is 0.478 e. The van der Waals surface area contributed by atoms with Gasteiger partial charge in [-0.05, 0) is 47.8 Å². The summed E-state index contributed by atoms with van der Waals surface area (Å²) in [5, 5.41) is 21.0. The summed E-state index contributed by atoms with van der Waals surface area (Å²) >= 11 is 5.42. The minimum absolute atomic E-state index is 0.323. The van der Waals surface area contributed by atoms with Crippen LogP contribution in [0.4, 0.5) is 0 Å². The van der Waals surface area contributed by atoms with E-state index in [1.165, 1.54) is 0 Å². The summed E-state index contributed by atoms with van der Waals surface area (Å²) in [6.45, 7) is 0. The van der Waals surface area contributed by atoms with Crippen molar-refractivity contribution >= 4 is 39.5 Å². The Morgan fingerprint density at radius 3 is 2.50 bits per heavy atom. The molecule has 0 heterocycles. The second kappa shape index (κ2) is 7.45. The molecule has 16 heavy (non-hydrogen) atoms. The number of thiocyanates is 2. The van der Waals surface area contributed by atoms with Crippen LogP contribution in [0, 0.1) is 21.3 Å². The summed E-state index contributed by atoms with van der Waals surface area (Å²) in [5.41, 5.74) is -0.323. The summed E-state index contributed by atoms with van der Waals surface area (Å²) < 4.78 is 6.53. The highest BCUT2D eigenvalue weighted by atomic mass is 79.9. The van der Waals surface area contributed by atoms with Crippen molar-refractivity contribution in [3.8, 4) is 16.6 Å². The first-order chi connectivity index (χ1) is 7.76. The van der Waals surface area contributed by atoms with Gasteiger partial charge in [0.2, 0.25) is 0 Å². The highest BCUT2D eigenvalue weighted by Crippen LogP contribution is 2.22. The molecule has 1 aromatic carbocycles. The van der Waals surface area contributed by atoms with E-state index in [4.69, 9.17) is 15.3 Å². The number of rotatable bonds is 5. The monoisotopic (exact) mass is 314 g/mol. The average molecular weight is 315 g/mol. The Labute approximate surface area is 111 Å². The number of nitriles is 2. The first kappa shape index (κ1) is 13.2. The van der Waals surface area contributed by atoms with Crippen molar-refractivity contribution < 1.29 is 4.74 Å². The van der Waals surface area contributed by atoms with Crippen molar-refractivity contribution in [1.29, 1.82) is 10.5 Å². The van der Waals surface area contributed by atoms with Gasteiger partial charge in [-0.25, -0.2) is 0 Å². The van der Waals surface area contributed by atoms with E-state index in [2.05, 4.69) is 15.9 Å². The minimum atomic E-state index is -0.323. The molecule has 0 aromatic heterocycles. The van der Waals surface area contributed by atoms with Crippen LogP contribution in [0.2, 0.25) is 0 Å². The maximum atomic E-state index is 8.59. The van der Waals surface area contributed by atoms with Crippen molar-refractivity contribution in [3.63, 3.8) is 0 Å². The standard InChI is InChI=1S/C10H7BrN2OS2/c11-8-1-3-9(4-2-8)14-10(16-7-13)5-15-6-12/h1-4,10H,5H2. The van der Waals surface area contributed by atoms with E-state index in [0.29, 0.717) is 11.5 Å². The van der Waals surface area contributed by atoms with Crippen LogP contribution in [0.25, 0.3) is 0 Å². The number of benzene rings is 1. The molecule has 0 N–H and O–H groups in total. The molecule has 1 rings (SSSR count). The zero-order chi connectivity index (χ0) is 11.8. The van der Waals surface area contributed by atoms with Crippen LogP contribution in [-0.2, 0) is 0 Å². The lowest BCUT2D eigenvalue weighted by molar-refractivity contribution is 0.313. The Hall–Kier alpha value is -0.820. The third-order valence-corrected chi connectivity index (χ3v) is 3.52. The molecule has 0 bridgehead atoms. The molecule has 0 fully saturated rings. The highest BCUT2D eigenvalue weighted by Gasteiger charge is 2.11. The molecule has 0 aliphatic carbocycles. The van der Waals surface area contributed by atoms with Gasteiger partial charge in [0, 0.05) is 4.47 Å². The van der Waals surface area contributed by atoms with Gasteiger partial charge in [-0.15, -0.1) is 0 Å². The molecule has 1 unspecified atom stereocenters. The zero-order valence-electron chi connectivity index (χ0n) is 8.09. The van der Waals surface area contributed by atoms with E-state index in [-0.39, 0.29) is 5.44 Å². The summed E-state index contributed by atoms with van der Waals surface area (Å²) in [5.74, 6) is 1.15. The second-order valence-corrected chi connectivity index (χ2v) is 5.28. The molecule has 6 heteroatoms. The third kappa shape index (κ3) is 4.80. The predicted octanol–water partition coefficient (Wildman–Crippen LogP) is 3.58. The number of thioether (sulfide) groups is 2. The molecule has 1 aromatic rings. The smallest absolute Gasteiger partial charge is 0.168 e. The summed E-state index contributed by atoms with van der Waals surface area (Å²) in [6.07, 6.45) is 0. The number of hydrogen-bond acceptors (Lipinski definition) is 5. The van der Waals surface area contributed by atoms with Crippen LogP contribution in [-0.4, -0.2) is 11.2 Å². The first-order valence-corrected chi connectivity index (χ1v) is 6.90. The van der Waals surface area contributed by atoms with E-state index in [9.17, 15) is 0 Å². The Balaban J connectivity index is 2.57. The fourth-order valence-corrected chi connectivity index (χ4v) is 2.22. The highest BCUT2D eigenvalue weighted by molar-refractivity contribution is 9.10. The van der Waals surface area contributed by atoms with Gasteiger partial charge >= 0.3 is 0 Å². The van der Waals surface area contributed by atoms with Crippen molar-refractivity contribution in [2.24, 2.45) is 0 Å². The van der Waals surface area contributed by atoms with Crippen molar-refractivity contribution in [3.05, 3.63) is 28.7 Å². The Morgan fingerprint density at radius 2 is 1.94 bits per heavy atom. The molecule has 0 spiro atoms. The van der Waals surface area contributed by atoms with Crippen LogP contribution in [0.15, 0.2) is 28.7 Å². The van der Waals surface area contributed by atoms with Crippen molar-refractivity contribution in [1.82, 2.24) is 0 Å². The molecule has 0 radical (unpaired) electrons. The fourth-order valence-electron chi connectivity index (χ4n) is 0.921. The number of nitrogens with zero attached hydrogens (tertiary/aromatic N) is 2. The van der Waals surface area contributed by atoms with Crippen LogP contribution in [0.1, 0.15) is 0 Å². The Bertz CT molecular complexity index is 410. The lowest BCUT2D eigenvalue weighted by Gasteiger charge is -2.13. The molecule has 1 atom stereocenters. The third-order valence-electron chi connectivity index (χ3n) is 1.55. The van der Waals surface area contributed by atoms with Crippen molar-refractivity contribution in [2.75, 3.05) is 5.75 Å². The van der Waals surface area contributed by atoms with E-state index >= 15 is 0 Å². The van der Waals surface area contributed by atoms with Gasteiger partial charge in [-0.2, -0.15) is 10.5 Å². The lowest BCUT2D eigenvalue weighted by atomic mass is 10.3. The second-order valence-electron chi connectivity index (χ2n) is 2.61. The quantitative estimate of drug-likeness (QED) is 0.614. The maximum Gasteiger partial charge on any atom is 0.168 e. The van der Waals surface area contributed by atoms with Gasteiger partial charge in [0.25, 0.3) is 0 Å². The van der Waals surface area contributed by atoms with Gasteiger partial charge in [-0.1, -0.05) is 15.9 Å². The Morgan fingerprint density at radius 1 is 1.25 bits per heavy atom. The van der Waals surface area contributed by atoms with E-state index in [1.807, 2.05) is 35.1 Å². The zero-order valence-corrected chi connectivity index (χ0v) is 11.3. The molecular weight excluding hydrogens is 308 g/mol. The van der Waals surface area contributed by atoms with Gasteiger partial charge in [-0.3, -0.25) is 0 Å². The summed E-state index contributed by atoms with van der Waals surface area (Å²) in [4.78, 5) is 0. The van der Waals surface area contributed by atoms with Crippen LogP contribution in [0.3, 0.4) is 0 Å². The summed E-state index contributed by atoms with van der Waals surface area (Å²) in [6, 6.07) is 7.35. The molecule has 0 saturated carbocycles. The fraction of sp³-hybridized carbons (Fsp3) is 0.200. The van der Waals surface area contributed by atoms with E-state index in [0.717, 1.165) is 28.0 Å². The number of ether oxygens (including phenoxy) is 1. The molecule has 0 saturated heterocycles. The molecular formula is C10H7BrN2OS2. The minimum Gasteiger partial charge on any atom is -0.478 e. The van der Waals surface area contributed by atoms with E-state index < -0.39 is 0 Å². The van der Waals surface area contributed by atoms with Crippen molar-refractivity contribution in [2.45, 2.75) is 5.44 Å². The van der Waals surface area contributed by atoms with Crippen LogP contribution in [0.5, 0.6) is 5.75 Å². The van der Waals surface area contributed by atoms with E-state index in [1.54, 1.807) is 0 Å². The maximum absolute atomic E-state index is 8.59. The topological polar surface area (TPSA) is 56.8 Å². The number of halogens is 1.